The SMILES string of the molecule is CCN(CC)c1ccc([C@H]2c3sc(=O)n(CC(=O)Nc4ccc(OC)cc4)c3SC3C(=O)N(c4ccc(C)cc4)C(=O)C32)cc1. The van der Waals surface area contributed by atoms with Crippen LogP contribution in [-0.2, 0) is 20.9 Å². The third-order valence-electron chi connectivity index (χ3n) is 8.40. The van der Waals surface area contributed by atoms with Gasteiger partial charge in [0.2, 0.25) is 17.7 Å². The van der Waals surface area contributed by atoms with Crippen molar-refractivity contribution in [3.63, 3.8) is 0 Å². The number of nitrogens with zero attached hydrogens (tertiary/aromatic N) is 3. The molecule has 3 heterocycles. The number of ether oxygens (including phenoxy) is 1. The topological polar surface area (TPSA) is 101 Å². The van der Waals surface area contributed by atoms with E-state index in [9.17, 15) is 19.2 Å². The highest BCUT2D eigenvalue weighted by atomic mass is 32.2. The van der Waals surface area contributed by atoms with E-state index in [4.69, 9.17) is 4.74 Å². The normalized spacial score (nSPS) is 18.8. The summed E-state index contributed by atoms with van der Waals surface area (Å²) in [6.07, 6.45) is 0. The summed E-state index contributed by atoms with van der Waals surface area (Å²) in [5.74, 6) is -1.53. The fourth-order valence-electron chi connectivity index (χ4n) is 6.06. The number of hydrogen-bond donors (Lipinski definition) is 1. The maximum atomic E-state index is 14.1. The average Bonchev–Trinajstić information content (AvgIpc) is 3.49. The number of carbonyl (C=O) groups excluding carboxylic acids is 3. The van der Waals surface area contributed by atoms with Crippen LogP contribution in [0.2, 0.25) is 0 Å². The van der Waals surface area contributed by atoms with Gasteiger partial charge in [-0.05, 0) is 74.9 Å². The zero-order valence-electron chi connectivity index (χ0n) is 25.5. The second-order valence-corrected chi connectivity index (χ2v) is 13.2. The molecular formula is C34H34N4O5S2. The molecule has 232 valence electrons. The van der Waals surface area contributed by atoms with Gasteiger partial charge in [-0.15, -0.1) is 0 Å². The summed E-state index contributed by atoms with van der Waals surface area (Å²) in [5, 5.41) is 2.65. The number of thioether (sulfide) groups is 1. The van der Waals surface area contributed by atoms with E-state index >= 15 is 0 Å². The van der Waals surface area contributed by atoms with E-state index < -0.39 is 17.1 Å². The number of aryl methyl sites for hydroxylation is 1. The molecule has 4 aromatic rings. The van der Waals surface area contributed by atoms with E-state index in [1.54, 1.807) is 43.5 Å². The molecule has 3 amide bonds. The first-order valence-electron chi connectivity index (χ1n) is 14.9. The lowest BCUT2D eigenvalue weighted by Gasteiger charge is -2.31. The predicted molar refractivity (Wildman–Crippen MR) is 179 cm³/mol. The lowest BCUT2D eigenvalue weighted by atomic mass is 9.83. The van der Waals surface area contributed by atoms with Crippen molar-refractivity contribution in [3.8, 4) is 5.75 Å². The third kappa shape index (κ3) is 5.66. The summed E-state index contributed by atoms with van der Waals surface area (Å²) >= 11 is 2.25. The van der Waals surface area contributed by atoms with E-state index in [2.05, 4.69) is 24.1 Å². The minimum absolute atomic E-state index is 0.224. The maximum absolute atomic E-state index is 14.1. The molecule has 45 heavy (non-hydrogen) atoms. The molecule has 3 aromatic carbocycles. The van der Waals surface area contributed by atoms with Gasteiger partial charge < -0.3 is 15.0 Å². The second-order valence-electron chi connectivity index (χ2n) is 11.1. The number of hydrogen-bond acceptors (Lipinski definition) is 8. The van der Waals surface area contributed by atoms with Crippen LogP contribution in [-0.4, -0.2) is 47.7 Å². The summed E-state index contributed by atoms with van der Waals surface area (Å²) in [4.78, 5) is 58.6. The van der Waals surface area contributed by atoms with E-state index in [0.717, 1.165) is 41.2 Å². The quantitative estimate of drug-likeness (QED) is 0.241. The number of imide groups is 1. The molecule has 2 aliphatic rings. The van der Waals surface area contributed by atoms with Gasteiger partial charge in [-0.25, -0.2) is 4.90 Å². The van der Waals surface area contributed by atoms with Crippen LogP contribution in [0.25, 0.3) is 0 Å². The molecule has 11 heteroatoms. The van der Waals surface area contributed by atoms with Gasteiger partial charge in [0.1, 0.15) is 17.5 Å². The fourth-order valence-corrected chi connectivity index (χ4v) is 8.84. The summed E-state index contributed by atoms with van der Waals surface area (Å²) < 4.78 is 6.62. The van der Waals surface area contributed by atoms with Crippen molar-refractivity contribution < 1.29 is 19.1 Å². The molecule has 1 saturated heterocycles. The number of anilines is 3. The van der Waals surface area contributed by atoms with Crippen molar-refractivity contribution in [1.82, 2.24) is 4.57 Å². The van der Waals surface area contributed by atoms with Crippen molar-refractivity contribution in [2.24, 2.45) is 5.92 Å². The Morgan fingerprint density at radius 3 is 2.20 bits per heavy atom. The number of nitrogens with one attached hydrogen (secondary N) is 1. The number of aromatic nitrogens is 1. The molecular weight excluding hydrogens is 609 g/mol. The summed E-state index contributed by atoms with van der Waals surface area (Å²) in [6.45, 7) is 7.63. The molecule has 3 atom stereocenters. The summed E-state index contributed by atoms with van der Waals surface area (Å²) in [5.41, 5.74) is 4.03. The molecule has 1 fully saturated rings. The average molecular weight is 643 g/mol. The van der Waals surface area contributed by atoms with Gasteiger partial charge in [0.15, 0.2) is 0 Å². The van der Waals surface area contributed by atoms with E-state index in [1.807, 2.05) is 43.3 Å². The minimum atomic E-state index is -0.747. The van der Waals surface area contributed by atoms with Crippen LogP contribution in [0.1, 0.15) is 35.8 Å². The van der Waals surface area contributed by atoms with Crippen molar-refractivity contribution >= 4 is 57.9 Å². The molecule has 2 unspecified atom stereocenters. The smallest absolute Gasteiger partial charge is 0.308 e. The highest BCUT2D eigenvalue weighted by molar-refractivity contribution is 8.00. The highest BCUT2D eigenvalue weighted by Gasteiger charge is 2.56. The Labute approximate surface area is 269 Å². The van der Waals surface area contributed by atoms with Gasteiger partial charge in [-0.1, -0.05) is 52.9 Å². The summed E-state index contributed by atoms with van der Waals surface area (Å²) in [6, 6.07) is 22.3. The highest BCUT2D eigenvalue weighted by Crippen LogP contribution is 2.54. The van der Waals surface area contributed by atoms with Crippen LogP contribution < -0.4 is 24.7 Å². The van der Waals surface area contributed by atoms with Crippen LogP contribution in [0.4, 0.5) is 17.1 Å². The monoisotopic (exact) mass is 642 g/mol. The van der Waals surface area contributed by atoms with Gasteiger partial charge in [-0.2, -0.15) is 0 Å². The standard InChI is InChI=1S/C34H34N4O5S2/c1-5-36(6-2)23-15-9-21(10-16-23)27-28-29(32(41)38(31(28)40)24-13-7-20(3)8-14-24)44-33-30(27)45-34(42)37(33)19-26(39)35-22-11-17-25(43-4)18-12-22/h7-18,27-29H,5-6,19H2,1-4H3,(H,35,39)/t27-,28?,29?/m1/s1. The third-order valence-corrected chi connectivity index (χ3v) is 11.0. The van der Waals surface area contributed by atoms with Gasteiger partial charge in [-0.3, -0.25) is 23.7 Å². The molecule has 0 saturated carbocycles. The lowest BCUT2D eigenvalue weighted by Crippen LogP contribution is -2.33. The maximum Gasteiger partial charge on any atom is 0.308 e. The Balaban J connectivity index is 1.39. The molecule has 0 bridgehead atoms. The Kier molecular flexibility index (Phi) is 8.56. The van der Waals surface area contributed by atoms with Gasteiger partial charge in [0, 0.05) is 35.3 Å². The van der Waals surface area contributed by atoms with Crippen molar-refractivity contribution in [1.29, 1.82) is 0 Å². The Hall–Kier alpha value is -4.35. The van der Waals surface area contributed by atoms with E-state index in [-0.39, 0.29) is 29.1 Å². The molecule has 1 aromatic heterocycles. The molecule has 9 nitrogen and oxygen atoms in total. The fraction of sp³-hybridized carbons (Fsp3) is 0.294. The zero-order valence-corrected chi connectivity index (χ0v) is 27.1. The first-order chi connectivity index (χ1) is 21.7. The number of benzene rings is 3. The minimum Gasteiger partial charge on any atom is -0.497 e. The van der Waals surface area contributed by atoms with Crippen LogP contribution in [0.15, 0.2) is 82.6 Å². The number of thiazole rings is 1. The summed E-state index contributed by atoms with van der Waals surface area (Å²) in [7, 11) is 1.57. The van der Waals surface area contributed by atoms with Crippen LogP contribution >= 0.6 is 23.1 Å². The number of fused-ring (bicyclic) bond motifs is 2. The second kappa shape index (κ2) is 12.6. The van der Waals surface area contributed by atoms with E-state index in [1.165, 1.54) is 21.2 Å². The number of methoxy groups -OCH3 is 1. The lowest BCUT2D eigenvalue weighted by molar-refractivity contribution is -0.122. The molecule has 0 radical (unpaired) electrons. The van der Waals surface area contributed by atoms with Gasteiger partial charge >= 0.3 is 4.87 Å². The number of amides is 3. The number of rotatable bonds is 9. The Morgan fingerprint density at radius 1 is 0.911 bits per heavy atom. The Morgan fingerprint density at radius 2 is 1.58 bits per heavy atom. The molecule has 2 aliphatic heterocycles. The first kappa shape index (κ1) is 30.7. The van der Waals surface area contributed by atoms with Crippen molar-refractivity contribution in [3.05, 3.63) is 98.5 Å². The molecule has 1 N–H and O–H groups in total. The van der Waals surface area contributed by atoms with Gasteiger partial charge in [0.05, 0.1) is 23.7 Å². The Bertz CT molecular complexity index is 1790. The first-order valence-corrected chi connectivity index (χ1v) is 16.6. The predicted octanol–water partition coefficient (Wildman–Crippen LogP) is 5.51. The molecule has 0 spiro atoms. The van der Waals surface area contributed by atoms with Crippen molar-refractivity contribution in [2.75, 3.05) is 35.3 Å². The zero-order chi connectivity index (χ0) is 31.8. The molecule has 6 rings (SSSR count). The van der Waals surface area contributed by atoms with Gasteiger partial charge in [0.25, 0.3) is 0 Å². The molecule has 0 aliphatic carbocycles. The van der Waals surface area contributed by atoms with Crippen molar-refractivity contribution in [2.45, 2.75) is 43.5 Å². The van der Waals surface area contributed by atoms with Crippen LogP contribution in [0, 0.1) is 12.8 Å². The largest absolute Gasteiger partial charge is 0.497 e. The van der Waals surface area contributed by atoms with Crippen LogP contribution in [0.5, 0.6) is 5.75 Å². The number of carbonyl (C=O) groups is 3. The van der Waals surface area contributed by atoms with Crippen LogP contribution in [0.3, 0.4) is 0 Å². The van der Waals surface area contributed by atoms with E-state index in [0.29, 0.717) is 27.0 Å².